The SMILES string of the molecule is CC(C)C(SCC1CCC(C)(C)O1)C(=O)O. The smallest absolute Gasteiger partial charge is 0.316 e. The van der Waals surface area contributed by atoms with Crippen LogP contribution in [-0.4, -0.2) is 33.8 Å². The second kappa shape index (κ2) is 5.41. The van der Waals surface area contributed by atoms with Crippen LogP contribution in [0.3, 0.4) is 0 Å². The van der Waals surface area contributed by atoms with Gasteiger partial charge in [0.1, 0.15) is 5.25 Å². The lowest BCUT2D eigenvalue weighted by atomic mass is 10.1. The fraction of sp³-hybridized carbons (Fsp3) is 0.917. The van der Waals surface area contributed by atoms with Crippen LogP contribution in [0.5, 0.6) is 0 Å². The molecule has 1 fully saturated rings. The molecule has 1 aliphatic rings. The van der Waals surface area contributed by atoms with Crippen LogP contribution in [0.1, 0.15) is 40.5 Å². The molecule has 0 aromatic rings. The summed E-state index contributed by atoms with van der Waals surface area (Å²) in [6.07, 6.45) is 2.34. The zero-order valence-corrected chi connectivity index (χ0v) is 11.3. The predicted octanol–water partition coefficient (Wildman–Crippen LogP) is 2.79. The van der Waals surface area contributed by atoms with E-state index in [9.17, 15) is 4.79 Å². The molecule has 2 unspecified atom stereocenters. The molecular formula is C12H22O3S. The summed E-state index contributed by atoms with van der Waals surface area (Å²) in [4.78, 5) is 11.0. The summed E-state index contributed by atoms with van der Waals surface area (Å²) >= 11 is 1.51. The van der Waals surface area contributed by atoms with Gasteiger partial charge in [-0.15, -0.1) is 11.8 Å². The van der Waals surface area contributed by atoms with Gasteiger partial charge in [0, 0.05) is 5.75 Å². The van der Waals surface area contributed by atoms with Crippen molar-refractivity contribution >= 4 is 17.7 Å². The van der Waals surface area contributed by atoms with E-state index in [2.05, 4.69) is 13.8 Å². The zero-order valence-electron chi connectivity index (χ0n) is 10.5. The molecule has 0 radical (unpaired) electrons. The van der Waals surface area contributed by atoms with Gasteiger partial charge in [-0.05, 0) is 32.6 Å². The topological polar surface area (TPSA) is 46.5 Å². The quantitative estimate of drug-likeness (QED) is 0.810. The standard InChI is InChI=1S/C12H22O3S/c1-8(2)10(11(13)14)16-7-9-5-6-12(3,4)15-9/h8-10H,5-7H2,1-4H3,(H,13,14). The van der Waals surface area contributed by atoms with Crippen molar-refractivity contribution in [3.63, 3.8) is 0 Å². The monoisotopic (exact) mass is 246 g/mol. The second-order valence-corrected chi connectivity index (χ2v) is 6.55. The molecule has 4 heteroatoms. The minimum atomic E-state index is -0.711. The van der Waals surface area contributed by atoms with Crippen molar-refractivity contribution in [2.24, 2.45) is 5.92 Å². The fourth-order valence-corrected chi connectivity index (χ4v) is 3.14. The van der Waals surface area contributed by atoms with E-state index >= 15 is 0 Å². The van der Waals surface area contributed by atoms with Gasteiger partial charge in [-0.25, -0.2) is 0 Å². The van der Waals surface area contributed by atoms with Gasteiger partial charge >= 0.3 is 5.97 Å². The van der Waals surface area contributed by atoms with Crippen molar-refractivity contribution < 1.29 is 14.6 Å². The maximum Gasteiger partial charge on any atom is 0.316 e. The Morgan fingerprint density at radius 3 is 2.56 bits per heavy atom. The maximum absolute atomic E-state index is 11.0. The lowest BCUT2D eigenvalue weighted by molar-refractivity contribution is -0.137. The fourth-order valence-electron chi connectivity index (χ4n) is 1.95. The molecule has 1 rings (SSSR count). The number of aliphatic carboxylic acids is 1. The first kappa shape index (κ1) is 13.8. The molecule has 1 saturated heterocycles. The van der Waals surface area contributed by atoms with E-state index in [1.165, 1.54) is 11.8 Å². The summed E-state index contributed by atoms with van der Waals surface area (Å²) in [7, 11) is 0. The molecule has 94 valence electrons. The van der Waals surface area contributed by atoms with E-state index < -0.39 is 5.97 Å². The normalized spacial score (nSPS) is 25.9. The third kappa shape index (κ3) is 3.98. The Hall–Kier alpha value is -0.220. The van der Waals surface area contributed by atoms with Crippen molar-refractivity contribution in [3.05, 3.63) is 0 Å². The Morgan fingerprint density at radius 2 is 2.19 bits per heavy atom. The molecule has 1 heterocycles. The second-order valence-electron chi connectivity index (χ2n) is 5.37. The Bertz CT molecular complexity index is 251. The molecule has 0 spiro atoms. The first-order valence-electron chi connectivity index (χ1n) is 5.84. The molecule has 1 N–H and O–H groups in total. The molecule has 0 aromatic heterocycles. The number of rotatable bonds is 5. The molecule has 1 aliphatic heterocycles. The maximum atomic E-state index is 11.0. The highest BCUT2D eigenvalue weighted by Crippen LogP contribution is 2.32. The number of carboxylic acids is 1. The largest absolute Gasteiger partial charge is 0.480 e. The number of hydrogen-bond donors (Lipinski definition) is 1. The van der Waals surface area contributed by atoms with Crippen molar-refractivity contribution in [1.82, 2.24) is 0 Å². The van der Waals surface area contributed by atoms with Gasteiger partial charge in [-0.3, -0.25) is 4.79 Å². The van der Waals surface area contributed by atoms with Crippen LogP contribution in [0.25, 0.3) is 0 Å². The predicted molar refractivity (Wildman–Crippen MR) is 66.9 cm³/mol. The molecule has 16 heavy (non-hydrogen) atoms. The average Bonchev–Trinajstić information content (AvgIpc) is 2.44. The van der Waals surface area contributed by atoms with Gasteiger partial charge in [-0.2, -0.15) is 0 Å². The lowest BCUT2D eigenvalue weighted by Crippen LogP contribution is -2.26. The highest BCUT2D eigenvalue weighted by Gasteiger charge is 2.33. The number of carboxylic acid groups (broad SMARTS) is 1. The van der Waals surface area contributed by atoms with Gasteiger partial charge in [0.15, 0.2) is 0 Å². The molecule has 0 aromatic carbocycles. The van der Waals surface area contributed by atoms with Crippen molar-refractivity contribution in [1.29, 1.82) is 0 Å². The average molecular weight is 246 g/mol. The molecule has 0 saturated carbocycles. The highest BCUT2D eigenvalue weighted by atomic mass is 32.2. The first-order valence-corrected chi connectivity index (χ1v) is 6.89. The van der Waals surface area contributed by atoms with E-state index in [1.54, 1.807) is 0 Å². The van der Waals surface area contributed by atoms with Crippen LogP contribution in [-0.2, 0) is 9.53 Å². The van der Waals surface area contributed by atoms with Crippen LogP contribution >= 0.6 is 11.8 Å². The number of carbonyl (C=O) groups is 1. The molecule has 0 aliphatic carbocycles. The van der Waals surface area contributed by atoms with E-state index in [0.29, 0.717) is 0 Å². The number of thioether (sulfide) groups is 1. The number of hydrogen-bond acceptors (Lipinski definition) is 3. The van der Waals surface area contributed by atoms with Crippen LogP contribution in [0.15, 0.2) is 0 Å². The summed E-state index contributed by atoms with van der Waals surface area (Å²) in [5, 5.41) is 8.75. The Kier molecular flexibility index (Phi) is 4.68. The van der Waals surface area contributed by atoms with E-state index in [-0.39, 0.29) is 22.9 Å². The van der Waals surface area contributed by atoms with Crippen LogP contribution in [0.4, 0.5) is 0 Å². The van der Waals surface area contributed by atoms with Crippen molar-refractivity contribution in [2.45, 2.75) is 57.5 Å². The van der Waals surface area contributed by atoms with Crippen molar-refractivity contribution in [2.75, 3.05) is 5.75 Å². The van der Waals surface area contributed by atoms with Gasteiger partial charge in [-0.1, -0.05) is 13.8 Å². The highest BCUT2D eigenvalue weighted by molar-refractivity contribution is 8.00. The third-order valence-electron chi connectivity index (χ3n) is 2.86. The van der Waals surface area contributed by atoms with Crippen molar-refractivity contribution in [3.8, 4) is 0 Å². The van der Waals surface area contributed by atoms with Gasteiger partial charge < -0.3 is 9.84 Å². The Labute approximate surface area is 102 Å². The summed E-state index contributed by atoms with van der Waals surface area (Å²) in [5.41, 5.74) is -0.0260. The summed E-state index contributed by atoms with van der Waals surface area (Å²) < 4.78 is 5.84. The van der Waals surface area contributed by atoms with Gasteiger partial charge in [0.05, 0.1) is 11.7 Å². The molecule has 0 amide bonds. The third-order valence-corrected chi connectivity index (χ3v) is 4.53. The van der Waals surface area contributed by atoms with Gasteiger partial charge in [0.2, 0.25) is 0 Å². The van der Waals surface area contributed by atoms with E-state index in [1.807, 2.05) is 13.8 Å². The Balaban J connectivity index is 2.36. The summed E-state index contributed by atoms with van der Waals surface area (Å²) in [6.45, 7) is 8.08. The molecule has 0 bridgehead atoms. The summed E-state index contributed by atoms with van der Waals surface area (Å²) in [5.74, 6) is 0.243. The van der Waals surface area contributed by atoms with Crippen LogP contribution in [0, 0.1) is 5.92 Å². The van der Waals surface area contributed by atoms with Crippen LogP contribution in [0.2, 0.25) is 0 Å². The Morgan fingerprint density at radius 1 is 1.56 bits per heavy atom. The van der Waals surface area contributed by atoms with E-state index in [0.717, 1.165) is 18.6 Å². The van der Waals surface area contributed by atoms with Crippen LogP contribution < -0.4 is 0 Å². The summed E-state index contributed by atoms with van der Waals surface area (Å²) in [6, 6.07) is 0. The van der Waals surface area contributed by atoms with Gasteiger partial charge in [0.25, 0.3) is 0 Å². The first-order chi connectivity index (χ1) is 7.32. The lowest BCUT2D eigenvalue weighted by Gasteiger charge is -2.21. The molecule has 3 nitrogen and oxygen atoms in total. The zero-order chi connectivity index (χ0) is 12.3. The molecular weight excluding hydrogens is 224 g/mol. The minimum absolute atomic E-state index is 0.0260. The number of ether oxygens (including phenoxy) is 1. The molecule has 2 atom stereocenters. The minimum Gasteiger partial charge on any atom is -0.480 e. The van der Waals surface area contributed by atoms with E-state index in [4.69, 9.17) is 9.84 Å².